The number of halogens is 3. The first-order valence-electron chi connectivity index (χ1n) is 7.70. The van der Waals surface area contributed by atoms with Crippen LogP contribution in [0.2, 0.25) is 0 Å². The third-order valence-corrected chi connectivity index (χ3v) is 4.83. The van der Waals surface area contributed by atoms with Crippen LogP contribution in [-0.2, 0) is 6.54 Å². The van der Waals surface area contributed by atoms with Crippen molar-refractivity contribution in [3.05, 3.63) is 35.1 Å². The van der Waals surface area contributed by atoms with E-state index in [0.29, 0.717) is 30.7 Å². The normalized spacial score (nSPS) is 28.3. The van der Waals surface area contributed by atoms with E-state index < -0.39 is 17.5 Å². The maximum absolute atomic E-state index is 13.8. The van der Waals surface area contributed by atoms with Gasteiger partial charge in [-0.05, 0) is 38.3 Å². The standard InChI is InChI=1S/C16H21F3N2/c1-2-21(13-6-11-3-4-12(7-13)20-11)9-10-5-15(18)16(19)8-14(10)17/h5,8,11-13,20H,2-4,6-7,9H2,1H3. The maximum Gasteiger partial charge on any atom is 0.161 e. The number of hydrogen-bond acceptors (Lipinski definition) is 2. The summed E-state index contributed by atoms with van der Waals surface area (Å²) in [7, 11) is 0. The Labute approximate surface area is 123 Å². The molecule has 0 radical (unpaired) electrons. The first-order valence-corrected chi connectivity index (χ1v) is 7.70. The molecule has 21 heavy (non-hydrogen) atoms. The summed E-state index contributed by atoms with van der Waals surface area (Å²) in [6, 6.07) is 3.13. The van der Waals surface area contributed by atoms with Crippen LogP contribution in [0.25, 0.3) is 0 Å². The smallest absolute Gasteiger partial charge is 0.161 e. The molecule has 2 atom stereocenters. The highest BCUT2D eigenvalue weighted by Gasteiger charge is 2.35. The second-order valence-electron chi connectivity index (χ2n) is 6.18. The van der Waals surface area contributed by atoms with Crippen LogP contribution in [0.1, 0.15) is 38.2 Å². The van der Waals surface area contributed by atoms with Crippen molar-refractivity contribution in [2.24, 2.45) is 0 Å². The van der Waals surface area contributed by atoms with Gasteiger partial charge >= 0.3 is 0 Å². The largest absolute Gasteiger partial charge is 0.311 e. The van der Waals surface area contributed by atoms with Gasteiger partial charge in [-0.1, -0.05) is 6.92 Å². The predicted molar refractivity (Wildman–Crippen MR) is 75.4 cm³/mol. The van der Waals surface area contributed by atoms with Crippen molar-refractivity contribution in [1.29, 1.82) is 0 Å². The van der Waals surface area contributed by atoms with Gasteiger partial charge < -0.3 is 5.32 Å². The summed E-state index contributed by atoms with van der Waals surface area (Å²) < 4.78 is 40.1. The number of piperidine rings is 1. The Morgan fingerprint density at radius 2 is 1.67 bits per heavy atom. The summed E-state index contributed by atoms with van der Waals surface area (Å²) in [5.74, 6) is -2.77. The fourth-order valence-electron chi connectivity index (χ4n) is 3.73. The molecule has 1 aromatic rings. The number of benzene rings is 1. The predicted octanol–water partition coefficient (Wildman–Crippen LogP) is 3.21. The van der Waals surface area contributed by atoms with Gasteiger partial charge in [0.25, 0.3) is 0 Å². The summed E-state index contributed by atoms with van der Waals surface area (Å²) >= 11 is 0. The number of rotatable bonds is 4. The zero-order valence-electron chi connectivity index (χ0n) is 12.2. The van der Waals surface area contributed by atoms with Crippen molar-refractivity contribution in [3.63, 3.8) is 0 Å². The second kappa shape index (κ2) is 5.97. The van der Waals surface area contributed by atoms with E-state index in [1.165, 1.54) is 12.8 Å². The molecule has 2 aliphatic heterocycles. The molecule has 116 valence electrons. The third-order valence-electron chi connectivity index (χ3n) is 4.83. The highest BCUT2D eigenvalue weighted by molar-refractivity contribution is 5.20. The highest BCUT2D eigenvalue weighted by Crippen LogP contribution is 2.30. The molecule has 0 aliphatic carbocycles. The van der Waals surface area contributed by atoms with E-state index in [4.69, 9.17) is 0 Å². The van der Waals surface area contributed by atoms with Crippen molar-refractivity contribution in [2.45, 2.75) is 57.3 Å². The van der Waals surface area contributed by atoms with Crippen molar-refractivity contribution >= 4 is 0 Å². The molecule has 2 fully saturated rings. The Morgan fingerprint density at radius 3 is 2.29 bits per heavy atom. The van der Waals surface area contributed by atoms with E-state index in [9.17, 15) is 13.2 Å². The summed E-state index contributed by atoms with van der Waals surface area (Å²) in [6.07, 6.45) is 4.52. The van der Waals surface area contributed by atoms with Gasteiger partial charge in [-0.3, -0.25) is 4.90 Å². The minimum Gasteiger partial charge on any atom is -0.311 e. The monoisotopic (exact) mass is 298 g/mol. The van der Waals surface area contributed by atoms with Crippen LogP contribution >= 0.6 is 0 Å². The van der Waals surface area contributed by atoms with Crippen LogP contribution in [0, 0.1) is 17.5 Å². The lowest BCUT2D eigenvalue weighted by molar-refractivity contribution is 0.139. The molecule has 2 bridgehead atoms. The van der Waals surface area contributed by atoms with Gasteiger partial charge in [0.15, 0.2) is 11.6 Å². The molecule has 2 heterocycles. The molecule has 3 rings (SSSR count). The molecule has 2 aliphatic rings. The lowest BCUT2D eigenvalue weighted by Crippen LogP contribution is -2.48. The molecule has 0 amide bonds. The Balaban J connectivity index is 1.74. The second-order valence-corrected chi connectivity index (χ2v) is 6.18. The van der Waals surface area contributed by atoms with E-state index in [2.05, 4.69) is 10.2 Å². The number of nitrogens with one attached hydrogen (secondary N) is 1. The van der Waals surface area contributed by atoms with Gasteiger partial charge in [-0.2, -0.15) is 0 Å². The van der Waals surface area contributed by atoms with Gasteiger partial charge in [-0.25, -0.2) is 13.2 Å². The highest BCUT2D eigenvalue weighted by atomic mass is 19.2. The SMILES string of the molecule is CCN(Cc1cc(F)c(F)cc1F)C1CC2CCC(C1)N2. The Hall–Kier alpha value is -1.07. The van der Waals surface area contributed by atoms with Crippen LogP contribution in [0.15, 0.2) is 12.1 Å². The topological polar surface area (TPSA) is 15.3 Å². The van der Waals surface area contributed by atoms with Crippen molar-refractivity contribution in [3.8, 4) is 0 Å². The van der Waals surface area contributed by atoms with Crippen molar-refractivity contribution in [1.82, 2.24) is 10.2 Å². The van der Waals surface area contributed by atoms with Crippen LogP contribution in [0.5, 0.6) is 0 Å². The molecule has 2 unspecified atom stereocenters. The molecule has 2 nitrogen and oxygen atoms in total. The van der Waals surface area contributed by atoms with Gasteiger partial charge in [0.1, 0.15) is 5.82 Å². The average molecular weight is 298 g/mol. The molecule has 5 heteroatoms. The van der Waals surface area contributed by atoms with Crippen molar-refractivity contribution < 1.29 is 13.2 Å². The van der Waals surface area contributed by atoms with Crippen LogP contribution < -0.4 is 5.32 Å². The summed E-state index contributed by atoms with van der Waals surface area (Å²) in [5.41, 5.74) is 0.238. The molecule has 0 spiro atoms. The molecular weight excluding hydrogens is 277 g/mol. The number of nitrogens with zero attached hydrogens (tertiary/aromatic N) is 1. The number of hydrogen-bond donors (Lipinski definition) is 1. The minimum absolute atomic E-state index is 0.238. The summed E-state index contributed by atoms with van der Waals surface area (Å²) in [6.45, 7) is 3.15. The van der Waals surface area contributed by atoms with Gasteiger partial charge in [0.05, 0.1) is 0 Å². The molecule has 1 aromatic carbocycles. The lowest BCUT2D eigenvalue weighted by atomic mass is 9.97. The Bertz CT molecular complexity index is 508. The quantitative estimate of drug-likeness (QED) is 0.859. The van der Waals surface area contributed by atoms with Gasteiger partial charge in [0, 0.05) is 36.3 Å². The minimum atomic E-state index is -1.13. The third kappa shape index (κ3) is 3.09. The first-order chi connectivity index (χ1) is 10.1. The molecule has 1 N–H and O–H groups in total. The molecule has 0 aromatic heterocycles. The maximum atomic E-state index is 13.8. The molecular formula is C16H21F3N2. The van der Waals surface area contributed by atoms with Crippen molar-refractivity contribution in [2.75, 3.05) is 6.54 Å². The number of fused-ring (bicyclic) bond motifs is 2. The fraction of sp³-hybridized carbons (Fsp3) is 0.625. The fourth-order valence-corrected chi connectivity index (χ4v) is 3.73. The first kappa shape index (κ1) is 14.9. The van der Waals surface area contributed by atoms with E-state index in [1.807, 2.05) is 6.92 Å². The van der Waals surface area contributed by atoms with Gasteiger partial charge in [0.2, 0.25) is 0 Å². The van der Waals surface area contributed by atoms with E-state index in [-0.39, 0.29) is 5.56 Å². The van der Waals surface area contributed by atoms with Gasteiger partial charge in [-0.15, -0.1) is 0 Å². The molecule has 2 saturated heterocycles. The Morgan fingerprint density at radius 1 is 1.05 bits per heavy atom. The zero-order chi connectivity index (χ0) is 15.0. The van der Waals surface area contributed by atoms with Crippen LogP contribution in [0.4, 0.5) is 13.2 Å². The van der Waals surface area contributed by atoms with E-state index in [0.717, 1.165) is 25.5 Å². The van der Waals surface area contributed by atoms with E-state index >= 15 is 0 Å². The summed E-state index contributed by atoms with van der Waals surface area (Å²) in [5, 5.41) is 3.58. The summed E-state index contributed by atoms with van der Waals surface area (Å²) in [4.78, 5) is 2.18. The van der Waals surface area contributed by atoms with Crippen LogP contribution in [0.3, 0.4) is 0 Å². The van der Waals surface area contributed by atoms with E-state index in [1.54, 1.807) is 0 Å². The molecule has 0 saturated carbocycles. The van der Waals surface area contributed by atoms with Crippen LogP contribution in [-0.4, -0.2) is 29.6 Å². The Kier molecular flexibility index (Phi) is 4.22. The lowest BCUT2D eigenvalue weighted by Gasteiger charge is -2.37. The zero-order valence-corrected chi connectivity index (χ0v) is 12.2. The average Bonchev–Trinajstić information content (AvgIpc) is 2.80.